The first kappa shape index (κ1) is 13.3. The molecule has 3 rings (SSSR count). The summed E-state index contributed by atoms with van der Waals surface area (Å²) in [5.41, 5.74) is 2.83. The number of aryl methyl sites for hydroxylation is 1. The predicted molar refractivity (Wildman–Crippen MR) is 79.2 cm³/mol. The van der Waals surface area contributed by atoms with E-state index in [4.69, 9.17) is 4.74 Å². The van der Waals surface area contributed by atoms with Gasteiger partial charge >= 0.3 is 5.95 Å². The fourth-order valence-electron chi connectivity index (χ4n) is 2.41. The van der Waals surface area contributed by atoms with E-state index in [0.29, 0.717) is 17.9 Å². The molecule has 3 aromatic rings. The number of hydrogen-bond acceptors (Lipinski definition) is 3. The minimum atomic E-state index is -0.0775. The minimum absolute atomic E-state index is 0.0775. The quantitative estimate of drug-likeness (QED) is 0.716. The number of aromatic amines is 1. The van der Waals surface area contributed by atoms with Gasteiger partial charge in [0.05, 0.1) is 20.7 Å². The summed E-state index contributed by atoms with van der Waals surface area (Å²) in [6.45, 7) is 0.441. The number of fused-ring (bicyclic) bond motifs is 1. The molecule has 2 aromatic carbocycles. The average molecular weight is 283 g/mol. The number of methoxy groups -OCH3 is 1. The molecule has 5 heteroatoms. The molecule has 0 bridgehead atoms. The molecule has 0 atom stereocenters. The van der Waals surface area contributed by atoms with E-state index in [1.807, 2.05) is 41.9 Å². The highest BCUT2D eigenvalue weighted by Gasteiger charge is 2.13. The van der Waals surface area contributed by atoms with Gasteiger partial charge in [0.15, 0.2) is 0 Å². The van der Waals surface area contributed by atoms with Gasteiger partial charge in [0, 0.05) is 0 Å². The normalized spacial score (nSPS) is 10.8. The molecule has 0 saturated heterocycles. The molecule has 108 valence electrons. The molecule has 21 heavy (non-hydrogen) atoms. The van der Waals surface area contributed by atoms with Crippen LogP contribution in [0.1, 0.15) is 5.56 Å². The van der Waals surface area contributed by atoms with Crippen molar-refractivity contribution in [3.63, 3.8) is 0 Å². The Balaban J connectivity index is 1.85. The van der Waals surface area contributed by atoms with Gasteiger partial charge in [-0.25, -0.2) is 9.55 Å². The van der Waals surface area contributed by atoms with Gasteiger partial charge in [0.1, 0.15) is 16.8 Å². The zero-order chi connectivity index (χ0) is 14.8. The summed E-state index contributed by atoms with van der Waals surface area (Å²) < 4.78 is 7.08. The van der Waals surface area contributed by atoms with Gasteiger partial charge < -0.3 is 9.84 Å². The summed E-state index contributed by atoms with van der Waals surface area (Å²) in [4.78, 5) is 3.30. The maximum Gasteiger partial charge on any atom is 0.356 e. The third kappa shape index (κ3) is 2.38. The Morgan fingerprint density at radius 2 is 2.00 bits per heavy atom. The van der Waals surface area contributed by atoms with Gasteiger partial charge in [-0.2, -0.15) is 0 Å². The third-order valence-electron chi connectivity index (χ3n) is 3.58. The lowest BCUT2D eigenvalue weighted by Crippen LogP contribution is -2.30. The number of imidazole rings is 1. The number of anilines is 1. The predicted octanol–water partition coefficient (Wildman–Crippen LogP) is 1.69. The first-order valence-electron chi connectivity index (χ1n) is 6.74. The molecule has 0 aliphatic rings. The van der Waals surface area contributed by atoms with Gasteiger partial charge in [0.25, 0.3) is 0 Å². The lowest BCUT2D eigenvalue weighted by atomic mass is 10.2. The summed E-state index contributed by atoms with van der Waals surface area (Å²) in [5.74, 6) is 1.15. The maximum absolute atomic E-state index is 12.1. The number of nitrogens with zero attached hydrogens (tertiary/aromatic N) is 1. The highest BCUT2D eigenvalue weighted by molar-refractivity contribution is 5.72. The molecule has 2 N–H and O–H groups in total. The number of H-pyrrole nitrogens is 1. The van der Waals surface area contributed by atoms with E-state index in [0.717, 1.165) is 17.0 Å². The van der Waals surface area contributed by atoms with Crippen molar-refractivity contribution < 1.29 is 14.4 Å². The SMILES string of the molecule is COc1cccc(CNc2[nH]c3ccccc3[n+]2C)c1[O-]. The van der Waals surface area contributed by atoms with Crippen LogP contribution in [0, 0.1) is 0 Å². The molecule has 1 aromatic heterocycles. The molecule has 1 heterocycles. The van der Waals surface area contributed by atoms with Crippen molar-refractivity contribution in [3.05, 3.63) is 48.0 Å². The first-order chi connectivity index (χ1) is 10.2. The van der Waals surface area contributed by atoms with Gasteiger partial charge in [-0.05, 0) is 23.8 Å². The standard InChI is InChI=1S/C16H17N3O2/c1-19-13-8-4-3-7-12(13)18-16(19)17-10-11-6-5-9-14(21-2)15(11)20/h3-9H,10H2,1-2H3,(H2,17,18,20). The molecule has 5 nitrogen and oxygen atoms in total. The van der Waals surface area contributed by atoms with Crippen LogP contribution in [0.25, 0.3) is 11.0 Å². The summed E-state index contributed by atoms with van der Waals surface area (Å²) in [7, 11) is 3.48. The minimum Gasteiger partial charge on any atom is -0.870 e. The molecule has 0 aliphatic heterocycles. The van der Waals surface area contributed by atoms with Crippen LogP contribution < -0.4 is 19.7 Å². The van der Waals surface area contributed by atoms with Gasteiger partial charge in [0.2, 0.25) is 0 Å². The molecular formula is C16H17N3O2. The zero-order valence-corrected chi connectivity index (χ0v) is 12.0. The molecule has 0 amide bonds. The molecule has 0 saturated carbocycles. The van der Waals surface area contributed by atoms with Crippen LogP contribution in [-0.4, -0.2) is 12.1 Å². The fourth-order valence-corrected chi connectivity index (χ4v) is 2.41. The Labute approximate surface area is 122 Å². The summed E-state index contributed by atoms with van der Waals surface area (Å²) in [5, 5.41) is 15.4. The van der Waals surface area contributed by atoms with Crippen molar-refractivity contribution in [3.8, 4) is 11.5 Å². The first-order valence-corrected chi connectivity index (χ1v) is 6.74. The van der Waals surface area contributed by atoms with Crippen molar-refractivity contribution in [1.82, 2.24) is 4.98 Å². The van der Waals surface area contributed by atoms with Crippen molar-refractivity contribution in [2.24, 2.45) is 7.05 Å². The zero-order valence-electron chi connectivity index (χ0n) is 12.0. The van der Waals surface area contributed by atoms with Crippen LogP contribution in [-0.2, 0) is 13.6 Å². The molecule has 0 radical (unpaired) electrons. The Bertz CT molecular complexity index is 780. The van der Waals surface area contributed by atoms with Crippen LogP contribution in [0.15, 0.2) is 42.5 Å². The molecule has 0 unspecified atom stereocenters. The van der Waals surface area contributed by atoms with Crippen LogP contribution in [0.4, 0.5) is 5.95 Å². The fraction of sp³-hybridized carbons (Fsp3) is 0.188. The van der Waals surface area contributed by atoms with E-state index >= 15 is 0 Å². The number of benzene rings is 2. The van der Waals surface area contributed by atoms with Crippen LogP contribution in [0.3, 0.4) is 0 Å². The van der Waals surface area contributed by atoms with E-state index in [2.05, 4.69) is 10.3 Å². The van der Waals surface area contributed by atoms with Crippen LogP contribution in [0.5, 0.6) is 11.5 Å². The number of rotatable bonds is 4. The lowest BCUT2D eigenvalue weighted by molar-refractivity contribution is -0.630. The number of hydrogen-bond donors (Lipinski definition) is 2. The Hall–Kier alpha value is -2.69. The lowest BCUT2D eigenvalue weighted by Gasteiger charge is -2.16. The number of ether oxygens (including phenoxy) is 1. The third-order valence-corrected chi connectivity index (χ3v) is 3.58. The second-order valence-electron chi connectivity index (χ2n) is 4.85. The summed E-state index contributed by atoms with van der Waals surface area (Å²) in [6.07, 6.45) is 0. The Kier molecular flexibility index (Phi) is 3.39. The van der Waals surface area contributed by atoms with Gasteiger partial charge in [-0.1, -0.05) is 30.0 Å². The topological polar surface area (TPSA) is 64.0 Å². The van der Waals surface area contributed by atoms with E-state index < -0.39 is 0 Å². The maximum atomic E-state index is 12.1. The number of nitrogens with one attached hydrogen (secondary N) is 2. The number of aromatic nitrogens is 2. The monoisotopic (exact) mass is 283 g/mol. The van der Waals surface area contributed by atoms with Crippen molar-refractivity contribution >= 4 is 17.0 Å². The summed E-state index contributed by atoms with van der Waals surface area (Å²) >= 11 is 0. The summed E-state index contributed by atoms with van der Waals surface area (Å²) in [6, 6.07) is 13.3. The van der Waals surface area contributed by atoms with E-state index in [1.54, 1.807) is 12.1 Å². The van der Waals surface area contributed by atoms with Crippen molar-refractivity contribution in [2.75, 3.05) is 12.4 Å². The Morgan fingerprint density at radius 1 is 1.19 bits per heavy atom. The van der Waals surface area contributed by atoms with Crippen LogP contribution in [0.2, 0.25) is 0 Å². The van der Waals surface area contributed by atoms with E-state index in [-0.39, 0.29) is 5.75 Å². The molecule has 0 fully saturated rings. The van der Waals surface area contributed by atoms with Crippen molar-refractivity contribution in [2.45, 2.75) is 6.54 Å². The Morgan fingerprint density at radius 3 is 2.76 bits per heavy atom. The number of para-hydroxylation sites is 3. The highest BCUT2D eigenvalue weighted by atomic mass is 16.5. The largest absolute Gasteiger partial charge is 0.870 e. The second-order valence-corrected chi connectivity index (χ2v) is 4.85. The van der Waals surface area contributed by atoms with Crippen LogP contribution >= 0.6 is 0 Å². The van der Waals surface area contributed by atoms with E-state index in [9.17, 15) is 5.11 Å². The average Bonchev–Trinajstić information content (AvgIpc) is 2.83. The van der Waals surface area contributed by atoms with Crippen molar-refractivity contribution in [1.29, 1.82) is 0 Å². The molecule has 0 aliphatic carbocycles. The smallest absolute Gasteiger partial charge is 0.356 e. The van der Waals surface area contributed by atoms with Gasteiger partial charge in [-0.3, -0.25) is 5.32 Å². The van der Waals surface area contributed by atoms with Gasteiger partial charge in [-0.15, -0.1) is 0 Å². The highest BCUT2D eigenvalue weighted by Crippen LogP contribution is 2.26. The molecular weight excluding hydrogens is 266 g/mol. The van der Waals surface area contributed by atoms with E-state index in [1.165, 1.54) is 7.11 Å². The second kappa shape index (κ2) is 5.36. The molecule has 0 spiro atoms.